The third kappa shape index (κ3) is 4.56. The van der Waals surface area contributed by atoms with Crippen LogP contribution in [-0.4, -0.2) is 37.1 Å². The summed E-state index contributed by atoms with van der Waals surface area (Å²) >= 11 is 0. The lowest BCUT2D eigenvalue weighted by Gasteiger charge is -2.25. The van der Waals surface area contributed by atoms with Gasteiger partial charge in [0, 0.05) is 23.8 Å². The van der Waals surface area contributed by atoms with Crippen molar-refractivity contribution in [1.29, 1.82) is 0 Å². The van der Waals surface area contributed by atoms with Gasteiger partial charge in [-0.15, -0.1) is 0 Å². The zero-order chi connectivity index (χ0) is 23.0. The maximum absolute atomic E-state index is 13.5. The van der Waals surface area contributed by atoms with Crippen LogP contribution in [0.1, 0.15) is 42.4 Å². The molecule has 2 aliphatic rings. The summed E-state index contributed by atoms with van der Waals surface area (Å²) in [4.78, 5) is 25.4. The predicted octanol–water partition coefficient (Wildman–Crippen LogP) is 3.75. The van der Waals surface area contributed by atoms with Crippen LogP contribution in [0.4, 0.5) is 11.4 Å². The zero-order valence-electron chi connectivity index (χ0n) is 18.6. The highest BCUT2D eigenvalue weighted by atomic mass is 32.2. The summed E-state index contributed by atoms with van der Waals surface area (Å²) in [5.74, 6) is -0.288. The van der Waals surface area contributed by atoms with Crippen LogP contribution in [0.2, 0.25) is 0 Å². The highest BCUT2D eigenvalue weighted by Gasteiger charge is 2.40. The number of sulfonamides is 1. The molecule has 2 fully saturated rings. The van der Waals surface area contributed by atoms with Crippen molar-refractivity contribution in [1.82, 2.24) is 4.31 Å². The van der Waals surface area contributed by atoms with Gasteiger partial charge in [0.25, 0.3) is 0 Å². The number of benzene rings is 2. The number of hydrogen-bond donors (Lipinski definition) is 2. The molecule has 2 aromatic carbocycles. The lowest BCUT2D eigenvalue weighted by Crippen LogP contribution is -2.43. The average Bonchev–Trinajstić information content (AvgIpc) is 3.43. The molecule has 4 rings (SSSR count). The molecule has 32 heavy (non-hydrogen) atoms. The standard InChI is InChI=1S/C24H29N3O4S/c1-15-12-16(2)22(17(3)13-15)32(30,31)27-11-5-8-21(27)24(29)26-20-7-4-6-19(14-20)25-23(28)18-9-10-18/h4,6-7,12-14,18,21H,5,8-11H2,1-3H3,(H,25,28)(H,26,29)/t21-/m0/s1. The van der Waals surface area contributed by atoms with Gasteiger partial charge < -0.3 is 10.6 Å². The molecule has 0 radical (unpaired) electrons. The second-order valence-electron chi connectivity index (χ2n) is 8.84. The van der Waals surface area contributed by atoms with Gasteiger partial charge in [0.05, 0.1) is 4.90 Å². The molecule has 0 aromatic heterocycles. The minimum Gasteiger partial charge on any atom is -0.326 e. The average molecular weight is 456 g/mol. The van der Waals surface area contributed by atoms with Crippen LogP contribution in [-0.2, 0) is 19.6 Å². The lowest BCUT2D eigenvalue weighted by atomic mass is 10.1. The van der Waals surface area contributed by atoms with Crippen LogP contribution >= 0.6 is 0 Å². The lowest BCUT2D eigenvalue weighted by molar-refractivity contribution is -0.119. The van der Waals surface area contributed by atoms with Gasteiger partial charge in [-0.3, -0.25) is 9.59 Å². The predicted molar refractivity (Wildman–Crippen MR) is 124 cm³/mol. The number of nitrogens with zero attached hydrogens (tertiary/aromatic N) is 1. The zero-order valence-corrected chi connectivity index (χ0v) is 19.5. The van der Waals surface area contributed by atoms with Crippen LogP contribution in [0.5, 0.6) is 0 Å². The van der Waals surface area contributed by atoms with Gasteiger partial charge in [0.15, 0.2) is 0 Å². The van der Waals surface area contributed by atoms with E-state index in [0.717, 1.165) is 18.4 Å². The van der Waals surface area contributed by atoms with E-state index < -0.39 is 16.1 Å². The number of carbonyl (C=O) groups is 2. The second-order valence-corrected chi connectivity index (χ2v) is 10.7. The molecule has 8 heteroatoms. The Morgan fingerprint density at radius 2 is 1.50 bits per heavy atom. The minimum atomic E-state index is -3.81. The van der Waals surface area contributed by atoms with Gasteiger partial charge in [-0.25, -0.2) is 8.42 Å². The van der Waals surface area contributed by atoms with E-state index in [2.05, 4.69) is 10.6 Å². The summed E-state index contributed by atoms with van der Waals surface area (Å²) in [6.45, 7) is 5.83. The van der Waals surface area contributed by atoms with Gasteiger partial charge in [-0.05, 0) is 75.8 Å². The second kappa shape index (κ2) is 8.67. The molecule has 1 saturated carbocycles. The molecular weight excluding hydrogens is 426 g/mol. The van der Waals surface area contributed by atoms with Gasteiger partial charge in [-0.2, -0.15) is 4.31 Å². The Labute approximate surface area is 189 Å². The number of carbonyl (C=O) groups excluding carboxylic acids is 2. The van der Waals surface area contributed by atoms with E-state index in [9.17, 15) is 18.0 Å². The molecule has 1 saturated heterocycles. The van der Waals surface area contributed by atoms with Gasteiger partial charge >= 0.3 is 0 Å². The molecule has 0 bridgehead atoms. The van der Waals surface area contributed by atoms with Crippen molar-refractivity contribution in [2.45, 2.75) is 57.4 Å². The van der Waals surface area contributed by atoms with E-state index in [-0.39, 0.29) is 22.6 Å². The van der Waals surface area contributed by atoms with Crippen molar-refractivity contribution < 1.29 is 18.0 Å². The smallest absolute Gasteiger partial charge is 0.244 e. The molecule has 170 valence electrons. The van der Waals surface area contributed by atoms with Crippen LogP contribution in [0, 0.1) is 26.7 Å². The Morgan fingerprint density at radius 1 is 0.906 bits per heavy atom. The third-order valence-corrected chi connectivity index (χ3v) is 8.24. The van der Waals surface area contributed by atoms with Crippen molar-refractivity contribution in [2.24, 2.45) is 5.92 Å². The quantitative estimate of drug-likeness (QED) is 0.693. The number of hydrogen-bond acceptors (Lipinski definition) is 4. The maximum Gasteiger partial charge on any atom is 0.244 e. The van der Waals surface area contributed by atoms with Gasteiger partial charge in [-0.1, -0.05) is 23.8 Å². The molecule has 0 spiro atoms. The summed E-state index contributed by atoms with van der Waals surface area (Å²) < 4.78 is 28.3. The first kappa shape index (κ1) is 22.5. The summed E-state index contributed by atoms with van der Waals surface area (Å²) in [6.07, 6.45) is 2.91. The topological polar surface area (TPSA) is 95.6 Å². The first-order valence-corrected chi connectivity index (χ1v) is 12.4. The fourth-order valence-electron chi connectivity index (χ4n) is 4.47. The van der Waals surface area contributed by atoms with Crippen molar-refractivity contribution in [2.75, 3.05) is 17.2 Å². The number of anilines is 2. The minimum absolute atomic E-state index is 0.00891. The molecule has 1 aliphatic carbocycles. The van der Waals surface area contributed by atoms with Crippen molar-refractivity contribution in [3.05, 3.63) is 53.1 Å². The third-order valence-electron chi connectivity index (χ3n) is 6.02. The van der Waals surface area contributed by atoms with Gasteiger partial charge in [0.1, 0.15) is 6.04 Å². The van der Waals surface area contributed by atoms with Crippen molar-refractivity contribution in [3.63, 3.8) is 0 Å². The molecule has 2 aromatic rings. The van der Waals surface area contributed by atoms with E-state index in [1.807, 2.05) is 19.1 Å². The molecule has 2 N–H and O–H groups in total. The molecule has 1 atom stereocenters. The van der Waals surface area contributed by atoms with Crippen LogP contribution in [0.3, 0.4) is 0 Å². The van der Waals surface area contributed by atoms with Crippen LogP contribution in [0.15, 0.2) is 41.3 Å². The monoisotopic (exact) mass is 455 g/mol. The Bertz CT molecular complexity index is 1150. The van der Waals surface area contributed by atoms with Crippen molar-refractivity contribution >= 4 is 33.2 Å². The van der Waals surface area contributed by atoms with E-state index >= 15 is 0 Å². The molecule has 2 amide bonds. The highest BCUT2D eigenvalue weighted by Crippen LogP contribution is 2.32. The molecule has 7 nitrogen and oxygen atoms in total. The van der Waals surface area contributed by atoms with Crippen LogP contribution in [0.25, 0.3) is 0 Å². The fourth-order valence-corrected chi connectivity index (χ4v) is 6.54. The number of aryl methyl sites for hydroxylation is 3. The first-order chi connectivity index (χ1) is 15.2. The maximum atomic E-state index is 13.5. The van der Waals surface area contributed by atoms with E-state index in [0.29, 0.717) is 41.9 Å². The Morgan fingerprint density at radius 3 is 2.09 bits per heavy atom. The van der Waals surface area contributed by atoms with E-state index in [1.54, 1.807) is 38.1 Å². The van der Waals surface area contributed by atoms with Crippen LogP contribution < -0.4 is 10.6 Å². The number of amides is 2. The van der Waals surface area contributed by atoms with E-state index in [4.69, 9.17) is 0 Å². The molecule has 1 aliphatic heterocycles. The Kier molecular flexibility index (Phi) is 6.09. The number of nitrogens with one attached hydrogen (secondary N) is 2. The SMILES string of the molecule is Cc1cc(C)c(S(=O)(=O)N2CCC[C@H]2C(=O)Nc2cccc(NC(=O)C3CC3)c2)c(C)c1. The first-order valence-electron chi connectivity index (χ1n) is 11.0. The summed E-state index contributed by atoms with van der Waals surface area (Å²) in [5.41, 5.74) is 3.51. The number of rotatable bonds is 6. The fraction of sp³-hybridized carbons (Fsp3) is 0.417. The summed E-state index contributed by atoms with van der Waals surface area (Å²) in [6, 6.07) is 9.88. The van der Waals surface area contributed by atoms with Gasteiger partial charge in [0.2, 0.25) is 21.8 Å². The largest absolute Gasteiger partial charge is 0.326 e. The summed E-state index contributed by atoms with van der Waals surface area (Å²) in [7, 11) is -3.81. The highest BCUT2D eigenvalue weighted by molar-refractivity contribution is 7.89. The Hall–Kier alpha value is -2.71. The summed E-state index contributed by atoms with van der Waals surface area (Å²) in [5, 5.41) is 5.70. The Balaban J connectivity index is 1.52. The normalized spacial score (nSPS) is 19.0. The molecular formula is C24H29N3O4S. The van der Waals surface area contributed by atoms with Crippen molar-refractivity contribution in [3.8, 4) is 0 Å². The van der Waals surface area contributed by atoms with E-state index in [1.165, 1.54) is 4.31 Å². The molecule has 1 heterocycles. The molecule has 0 unspecified atom stereocenters.